The van der Waals surface area contributed by atoms with E-state index in [-0.39, 0.29) is 23.5 Å². The van der Waals surface area contributed by atoms with Gasteiger partial charge in [-0.05, 0) is 24.8 Å². The third kappa shape index (κ3) is 4.42. The summed E-state index contributed by atoms with van der Waals surface area (Å²) >= 11 is 1.14. The maximum atomic E-state index is 12.5. The molecule has 6 nitrogen and oxygen atoms in total. The zero-order valence-electron chi connectivity index (χ0n) is 13.9. The summed E-state index contributed by atoms with van der Waals surface area (Å²) in [6, 6.07) is 9.89. The Labute approximate surface area is 150 Å². The van der Waals surface area contributed by atoms with Gasteiger partial charge < -0.3 is 15.0 Å². The third-order valence-corrected chi connectivity index (χ3v) is 5.17. The number of nitrogens with zero attached hydrogens (tertiary/aromatic N) is 2. The number of rotatable bonds is 6. The molecule has 1 fully saturated rings. The smallest absolute Gasteiger partial charge is 0.313 e. The number of likely N-dealkylation sites (tertiary alicyclic amines) is 1. The number of nitrogens with one attached hydrogen (secondary N) is 1. The molecule has 1 aliphatic heterocycles. The standard InChI is InChI=1S/C18H21N3O3S/c22-16(11-25-12-17(23)24)21-9-5-4-8-15(21)18-19-10-14(20-18)13-6-2-1-3-7-13/h1-3,6-7,10,15H,4-5,8-9,11-12H2,(H,19,20)(H,23,24). The average Bonchev–Trinajstić information content (AvgIpc) is 3.12. The van der Waals surface area contributed by atoms with Crippen LogP contribution in [0.1, 0.15) is 31.1 Å². The lowest BCUT2D eigenvalue weighted by atomic mass is 10.0. The highest BCUT2D eigenvalue weighted by Gasteiger charge is 2.29. The number of aliphatic carboxylic acids is 1. The number of carbonyl (C=O) groups is 2. The monoisotopic (exact) mass is 359 g/mol. The minimum Gasteiger partial charge on any atom is -0.481 e. The van der Waals surface area contributed by atoms with E-state index in [1.807, 2.05) is 35.2 Å². The Balaban J connectivity index is 1.72. The summed E-state index contributed by atoms with van der Waals surface area (Å²) in [7, 11) is 0. The van der Waals surface area contributed by atoms with E-state index >= 15 is 0 Å². The van der Waals surface area contributed by atoms with Gasteiger partial charge in [-0.15, -0.1) is 11.8 Å². The van der Waals surface area contributed by atoms with Crippen LogP contribution in [0.25, 0.3) is 11.3 Å². The number of piperidine rings is 1. The van der Waals surface area contributed by atoms with Gasteiger partial charge in [0, 0.05) is 6.54 Å². The summed E-state index contributed by atoms with van der Waals surface area (Å²) in [6.45, 7) is 0.693. The van der Waals surface area contributed by atoms with Gasteiger partial charge in [0.15, 0.2) is 0 Å². The van der Waals surface area contributed by atoms with Gasteiger partial charge in [-0.2, -0.15) is 0 Å². The summed E-state index contributed by atoms with van der Waals surface area (Å²) in [5.41, 5.74) is 2.00. The number of thioether (sulfide) groups is 1. The van der Waals surface area contributed by atoms with Crippen molar-refractivity contribution in [3.8, 4) is 11.3 Å². The quantitative estimate of drug-likeness (QED) is 0.828. The van der Waals surface area contributed by atoms with Crippen molar-refractivity contribution in [1.82, 2.24) is 14.9 Å². The van der Waals surface area contributed by atoms with Crippen molar-refractivity contribution in [2.45, 2.75) is 25.3 Å². The van der Waals surface area contributed by atoms with Gasteiger partial charge in [0.05, 0.1) is 29.4 Å². The molecule has 2 heterocycles. The van der Waals surface area contributed by atoms with E-state index in [1.54, 1.807) is 6.20 Å². The molecule has 132 valence electrons. The molecular formula is C18H21N3O3S. The molecule has 1 aliphatic rings. The molecule has 2 N–H and O–H groups in total. The van der Waals surface area contributed by atoms with E-state index in [2.05, 4.69) is 9.97 Å². The number of hydrogen-bond acceptors (Lipinski definition) is 4. The van der Waals surface area contributed by atoms with Gasteiger partial charge in [0.25, 0.3) is 0 Å². The fraction of sp³-hybridized carbons (Fsp3) is 0.389. The highest BCUT2D eigenvalue weighted by atomic mass is 32.2. The van der Waals surface area contributed by atoms with Crippen LogP contribution in [0.4, 0.5) is 0 Å². The lowest BCUT2D eigenvalue weighted by molar-refractivity contribution is -0.134. The van der Waals surface area contributed by atoms with Crippen LogP contribution < -0.4 is 0 Å². The van der Waals surface area contributed by atoms with Crippen LogP contribution in [-0.2, 0) is 9.59 Å². The molecule has 0 radical (unpaired) electrons. The number of H-pyrrole nitrogens is 1. The summed E-state index contributed by atoms with van der Waals surface area (Å²) < 4.78 is 0. The molecule has 1 atom stereocenters. The lowest BCUT2D eigenvalue weighted by Gasteiger charge is -2.34. The van der Waals surface area contributed by atoms with E-state index in [1.165, 1.54) is 0 Å². The number of hydrogen-bond donors (Lipinski definition) is 2. The fourth-order valence-electron chi connectivity index (χ4n) is 3.09. The van der Waals surface area contributed by atoms with Crippen molar-refractivity contribution in [3.63, 3.8) is 0 Å². The van der Waals surface area contributed by atoms with Gasteiger partial charge >= 0.3 is 5.97 Å². The summed E-state index contributed by atoms with van der Waals surface area (Å²) in [5.74, 6) is 0.0216. The van der Waals surface area contributed by atoms with E-state index in [0.29, 0.717) is 6.54 Å². The lowest BCUT2D eigenvalue weighted by Crippen LogP contribution is -2.40. The number of carboxylic acid groups (broad SMARTS) is 1. The molecule has 0 aliphatic carbocycles. The van der Waals surface area contributed by atoms with Crippen LogP contribution in [0, 0.1) is 0 Å². The Morgan fingerprint density at radius 3 is 2.80 bits per heavy atom. The first-order chi connectivity index (χ1) is 12.1. The van der Waals surface area contributed by atoms with Gasteiger partial charge in [0.2, 0.25) is 5.91 Å². The topological polar surface area (TPSA) is 86.3 Å². The molecule has 1 aromatic heterocycles. The highest BCUT2D eigenvalue weighted by Crippen LogP contribution is 2.31. The largest absolute Gasteiger partial charge is 0.481 e. The predicted octanol–water partition coefficient (Wildman–Crippen LogP) is 2.95. The number of carboxylic acids is 1. The number of aromatic amines is 1. The van der Waals surface area contributed by atoms with Gasteiger partial charge in [0.1, 0.15) is 5.82 Å². The van der Waals surface area contributed by atoms with Gasteiger partial charge in [-0.3, -0.25) is 9.59 Å². The van der Waals surface area contributed by atoms with E-state index in [4.69, 9.17) is 5.11 Å². The Bertz CT molecular complexity index is 732. The van der Waals surface area contributed by atoms with Crippen molar-refractivity contribution < 1.29 is 14.7 Å². The Morgan fingerprint density at radius 2 is 2.04 bits per heavy atom. The fourth-order valence-corrected chi connectivity index (χ4v) is 3.71. The van der Waals surface area contributed by atoms with E-state index in [0.717, 1.165) is 48.1 Å². The third-order valence-electron chi connectivity index (χ3n) is 4.27. The second-order valence-electron chi connectivity index (χ2n) is 6.03. The molecule has 7 heteroatoms. The van der Waals surface area contributed by atoms with Crippen molar-refractivity contribution in [2.75, 3.05) is 18.1 Å². The normalized spacial score (nSPS) is 17.4. The molecule has 2 aromatic rings. The van der Waals surface area contributed by atoms with Crippen LogP contribution >= 0.6 is 11.8 Å². The van der Waals surface area contributed by atoms with Crippen LogP contribution in [-0.4, -0.2) is 49.9 Å². The maximum Gasteiger partial charge on any atom is 0.313 e. The molecule has 1 saturated heterocycles. The van der Waals surface area contributed by atoms with Crippen molar-refractivity contribution in [1.29, 1.82) is 0 Å². The zero-order chi connectivity index (χ0) is 17.6. The van der Waals surface area contributed by atoms with Gasteiger partial charge in [-0.25, -0.2) is 4.98 Å². The SMILES string of the molecule is O=C(O)CSCC(=O)N1CCCCC1c1ncc(-c2ccccc2)[nH]1. The molecule has 1 amide bonds. The predicted molar refractivity (Wildman–Crippen MR) is 97.3 cm³/mol. The minimum absolute atomic E-state index is 0.0198. The molecule has 0 bridgehead atoms. The number of imidazole rings is 1. The molecule has 1 unspecified atom stereocenters. The average molecular weight is 359 g/mol. The second kappa shape index (κ2) is 8.20. The molecule has 25 heavy (non-hydrogen) atoms. The van der Waals surface area contributed by atoms with Gasteiger partial charge in [-0.1, -0.05) is 30.3 Å². The Hall–Kier alpha value is -2.28. The Kier molecular flexibility index (Phi) is 5.75. The summed E-state index contributed by atoms with van der Waals surface area (Å²) in [5, 5.41) is 8.72. The van der Waals surface area contributed by atoms with Crippen molar-refractivity contribution in [2.24, 2.45) is 0 Å². The molecule has 0 spiro atoms. The zero-order valence-corrected chi connectivity index (χ0v) is 14.7. The first kappa shape index (κ1) is 17.5. The highest BCUT2D eigenvalue weighted by molar-refractivity contribution is 8.00. The van der Waals surface area contributed by atoms with Crippen LogP contribution in [0.5, 0.6) is 0 Å². The maximum absolute atomic E-state index is 12.5. The van der Waals surface area contributed by atoms with Crippen LogP contribution in [0.2, 0.25) is 0 Å². The molecule has 0 saturated carbocycles. The molecular weight excluding hydrogens is 338 g/mol. The van der Waals surface area contributed by atoms with Crippen molar-refractivity contribution in [3.05, 3.63) is 42.4 Å². The number of aromatic nitrogens is 2. The van der Waals surface area contributed by atoms with E-state index in [9.17, 15) is 9.59 Å². The van der Waals surface area contributed by atoms with Crippen LogP contribution in [0.3, 0.4) is 0 Å². The van der Waals surface area contributed by atoms with Crippen LogP contribution in [0.15, 0.2) is 36.5 Å². The van der Waals surface area contributed by atoms with E-state index < -0.39 is 5.97 Å². The number of amides is 1. The Morgan fingerprint density at radius 1 is 1.24 bits per heavy atom. The molecule has 1 aromatic carbocycles. The number of carbonyl (C=O) groups excluding carboxylic acids is 1. The number of benzene rings is 1. The first-order valence-corrected chi connectivity index (χ1v) is 9.50. The minimum atomic E-state index is -0.897. The first-order valence-electron chi connectivity index (χ1n) is 8.34. The summed E-state index contributed by atoms with van der Waals surface area (Å²) in [6.07, 6.45) is 4.70. The summed E-state index contributed by atoms with van der Waals surface area (Å²) in [4.78, 5) is 32.8. The molecule has 3 rings (SSSR count). The van der Waals surface area contributed by atoms with Crippen molar-refractivity contribution >= 4 is 23.6 Å². The second-order valence-corrected chi connectivity index (χ2v) is 7.02.